The number of rotatable bonds is 9. The maximum Gasteiger partial charge on any atom is 0.122 e. The van der Waals surface area contributed by atoms with E-state index in [0.717, 1.165) is 31.6 Å². The third-order valence-corrected chi connectivity index (χ3v) is 4.16. The van der Waals surface area contributed by atoms with Crippen LogP contribution in [0.25, 0.3) is 0 Å². The third kappa shape index (κ3) is 6.00. The van der Waals surface area contributed by atoms with Gasteiger partial charge in [-0.25, -0.2) is 0 Å². The molecule has 22 heavy (non-hydrogen) atoms. The maximum absolute atomic E-state index is 6.01. The van der Waals surface area contributed by atoms with E-state index in [9.17, 15) is 0 Å². The quantitative estimate of drug-likeness (QED) is 0.657. The Kier molecular flexibility index (Phi) is 7.95. The van der Waals surface area contributed by atoms with Gasteiger partial charge in [0.15, 0.2) is 0 Å². The second kappa shape index (κ2) is 9.19. The van der Waals surface area contributed by atoms with E-state index in [0.29, 0.717) is 17.8 Å². The Balaban J connectivity index is 2.94. The Bertz CT molecular complexity index is 437. The fourth-order valence-corrected chi connectivity index (χ4v) is 2.73. The lowest BCUT2D eigenvalue weighted by molar-refractivity contribution is 0.267. The molecule has 2 unspecified atom stereocenters. The molecule has 1 rings (SSSR count). The Morgan fingerprint density at radius 2 is 1.73 bits per heavy atom. The summed E-state index contributed by atoms with van der Waals surface area (Å²) in [5.41, 5.74) is 8.69. The summed E-state index contributed by atoms with van der Waals surface area (Å²) in [5, 5.41) is 0. The molecule has 0 radical (unpaired) electrons. The molecule has 0 amide bonds. The van der Waals surface area contributed by atoms with Crippen molar-refractivity contribution in [2.24, 2.45) is 11.7 Å². The molecule has 0 aromatic heterocycles. The molecule has 0 spiro atoms. The van der Waals surface area contributed by atoms with Gasteiger partial charge in [-0.3, -0.25) is 0 Å². The van der Waals surface area contributed by atoms with Crippen LogP contribution in [0.15, 0.2) is 18.2 Å². The molecule has 2 nitrogen and oxygen atoms in total. The van der Waals surface area contributed by atoms with E-state index in [1.807, 2.05) is 0 Å². The molecular weight excluding hydrogens is 270 g/mol. The van der Waals surface area contributed by atoms with Gasteiger partial charge in [-0.15, -0.1) is 0 Å². The summed E-state index contributed by atoms with van der Waals surface area (Å²) in [4.78, 5) is 0. The minimum atomic E-state index is 0.285. The van der Waals surface area contributed by atoms with E-state index < -0.39 is 0 Å². The van der Waals surface area contributed by atoms with Crippen LogP contribution in [0.1, 0.15) is 83.8 Å². The third-order valence-electron chi connectivity index (χ3n) is 4.16. The first kappa shape index (κ1) is 19.0. The lowest BCUT2D eigenvalue weighted by atomic mass is 9.88. The molecule has 126 valence electrons. The van der Waals surface area contributed by atoms with E-state index >= 15 is 0 Å². The Labute approximate surface area is 137 Å². The van der Waals surface area contributed by atoms with Crippen LogP contribution in [0, 0.1) is 5.92 Å². The van der Waals surface area contributed by atoms with Gasteiger partial charge in [0.25, 0.3) is 0 Å². The lowest BCUT2D eigenvalue weighted by Crippen LogP contribution is -2.16. The molecule has 0 bridgehead atoms. The lowest BCUT2D eigenvalue weighted by Gasteiger charge is -2.21. The Hall–Kier alpha value is -1.02. The maximum atomic E-state index is 6.01. The Morgan fingerprint density at radius 1 is 1.05 bits per heavy atom. The topological polar surface area (TPSA) is 35.2 Å². The van der Waals surface area contributed by atoms with Gasteiger partial charge in [0.2, 0.25) is 0 Å². The summed E-state index contributed by atoms with van der Waals surface area (Å²) in [7, 11) is 0. The number of nitrogens with two attached hydrogens (primary N) is 1. The molecular formula is C20H35NO. The molecule has 0 aliphatic rings. The van der Waals surface area contributed by atoms with E-state index in [4.69, 9.17) is 10.5 Å². The zero-order chi connectivity index (χ0) is 16.7. The number of hydrogen-bond donors (Lipinski definition) is 1. The van der Waals surface area contributed by atoms with Crippen LogP contribution in [-0.4, -0.2) is 12.6 Å². The standard InChI is InChI=1S/C20H35NO/c1-7-17(9-8-16(6)21)18-10-11-20(22-13-14(2)3)19(12-18)15(4)5/h10-12,14-17H,7-9,13,21H2,1-6H3. The molecule has 0 aliphatic carbocycles. The highest BCUT2D eigenvalue weighted by atomic mass is 16.5. The van der Waals surface area contributed by atoms with Crippen LogP contribution in [-0.2, 0) is 0 Å². The highest BCUT2D eigenvalue weighted by molar-refractivity contribution is 5.40. The van der Waals surface area contributed by atoms with Crippen molar-refractivity contribution >= 4 is 0 Å². The second-order valence-electron chi connectivity index (χ2n) is 7.32. The van der Waals surface area contributed by atoms with Crippen molar-refractivity contribution in [3.63, 3.8) is 0 Å². The van der Waals surface area contributed by atoms with Crippen molar-refractivity contribution in [3.8, 4) is 5.75 Å². The normalized spacial score (nSPS) is 14.4. The fourth-order valence-electron chi connectivity index (χ4n) is 2.73. The first-order chi connectivity index (χ1) is 10.3. The molecule has 1 aromatic carbocycles. The van der Waals surface area contributed by atoms with E-state index in [2.05, 4.69) is 59.7 Å². The fraction of sp³-hybridized carbons (Fsp3) is 0.700. The van der Waals surface area contributed by atoms with Gasteiger partial charge in [-0.1, -0.05) is 46.8 Å². The highest BCUT2D eigenvalue weighted by Gasteiger charge is 2.15. The van der Waals surface area contributed by atoms with Gasteiger partial charge < -0.3 is 10.5 Å². The minimum Gasteiger partial charge on any atom is -0.493 e. The highest BCUT2D eigenvalue weighted by Crippen LogP contribution is 2.33. The van der Waals surface area contributed by atoms with Crippen molar-refractivity contribution in [1.29, 1.82) is 0 Å². The molecule has 0 saturated heterocycles. The van der Waals surface area contributed by atoms with Crippen molar-refractivity contribution in [1.82, 2.24) is 0 Å². The van der Waals surface area contributed by atoms with Crippen molar-refractivity contribution in [2.75, 3.05) is 6.61 Å². The molecule has 0 fully saturated rings. The van der Waals surface area contributed by atoms with E-state index in [-0.39, 0.29) is 6.04 Å². The van der Waals surface area contributed by atoms with Crippen LogP contribution >= 0.6 is 0 Å². The van der Waals surface area contributed by atoms with Gasteiger partial charge in [0.1, 0.15) is 5.75 Å². The summed E-state index contributed by atoms with van der Waals surface area (Å²) < 4.78 is 6.01. The number of ether oxygens (including phenoxy) is 1. The SMILES string of the molecule is CCC(CCC(C)N)c1ccc(OCC(C)C)c(C(C)C)c1. The monoisotopic (exact) mass is 305 g/mol. The Morgan fingerprint density at radius 3 is 2.23 bits per heavy atom. The number of hydrogen-bond acceptors (Lipinski definition) is 2. The summed E-state index contributed by atoms with van der Waals surface area (Å²) >= 11 is 0. The predicted octanol–water partition coefficient (Wildman–Crippen LogP) is 5.47. The van der Waals surface area contributed by atoms with Crippen LogP contribution in [0.4, 0.5) is 0 Å². The minimum absolute atomic E-state index is 0.285. The second-order valence-corrected chi connectivity index (χ2v) is 7.32. The van der Waals surface area contributed by atoms with Gasteiger partial charge in [-0.2, -0.15) is 0 Å². The average Bonchev–Trinajstić information content (AvgIpc) is 2.45. The van der Waals surface area contributed by atoms with Crippen molar-refractivity contribution < 1.29 is 4.74 Å². The zero-order valence-electron chi connectivity index (χ0n) is 15.4. The molecule has 2 heteroatoms. The zero-order valence-corrected chi connectivity index (χ0v) is 15.4. The van der Waals surface area contributed by atoms with Crippen LogP contribution in [0.3, 0.4) is 0 Å². The van der Waals surface area contributed by atoms with E-state index in [1.165, 1.54) is 11.1 Å². The number of benzene rings is 1. The van der Waals surface area contributed by atoms with Crippen molar-refractivity contribution in [2.45, 2.75) is 78.7 Å². The predicted molar refractivity (Wildman–Crippen MR) is 96.8 cm³/mol. The first-order valence-corrected chi connectivity index (χ1v) is 8.87. The summed E-state index contributed by atoms with van der Waals surface area (Å²) in [6.45, 7) is 14.0. The van der Waals surface area contributed by atoms with Crippen LogP contribution < -0.4 is 10.5 Å². The molecule has 0 heterocycles. The summed E-state index contributed by atoms with van der Waals surface area (Å²) in [6.07, 6.45) is 3.41. The average molecular weight is 306 g/mol. The molecule has 0 saturated carbocycles. The largest absolute Gasteiger partial charge is 0.493 e. The summed E-state index contributed by atoms with van der Waals surface area (Å²) in [5.74, 6) is 2.68. The van der Waals surface area contributed by atoms with Gasteiger partial charge in [0.05, 0.1) is 6.61 Å². The van der Waals surface area contributed by atoms with Gasteiger partial charge in [0, 0.05) is 6.04 Å². The van der Waals surface area contributed by atoms with Crippen LogP contribution in [0.5, 0.6) is 5.75 Å². The molecule has 0 aliphatic heterocycles. The molecule has 2 N–H and O–H groups in total. The first-order valence-electron chi connectivity index (χ1n) is 8.87. The smallest absolute Gasteiger partial charge is 0.122 e. The van der Waals surface area contributed by atoms with Crippen LogP contribution in [0.2, 0.25) is 0 Å². The summed E-state index contributed by atoms with van der Waals surface area (Å²) in [6, 6.07) is 7.06. The van der Waals surface area contributed by atoms with Gasteiger partial charge in [-0.05, 0) is 61.1 Å². The van der Waals surface area contributed by atoms with Gasteiger partial charge >= 0.3 is 0 Å². The van der Waals surface area contributed by atoms with Crippen molar-refractivity contribution in [3.05, 3.63) is 29.3 Å². The molecule has 2 atom stereocenters. The van der Waals surface area contributed by atoms with E-state index in [1.54, 1.807) is 0 Å². The molecule has 1 aromatic rings.